The first-order valence-corrected chi connectivity index (χ1v) is 11.5. The molecule has 0 bridgehead atoms. The summed E-state index contributed by atoms with van der Waals surface area (Å²) in [6.07, 6.45) is 2.35. The number of hydrogen-bond donors (Lipinski definition) is 1. The van der Waals surface area contributed by atoms with E-state index < -0.39 is 0 Å². The van der Waals surface area contributed by atoms with Gasteiger partial charge in [0, 0.05) is 30.9 Å². The van der Waals surface area contributed by atoms with Crippen LogP contribution in [0.1, 0.15) is 18.4 Å². The maximum Gasteiger partial charge on any atom is 0.410 e. The lowest BCUT2D eigenvalue weighted by atomic mass is 9.99. The molecule has 2 fully saturated rings. The van der Waals surface area contributed by atoms with Crippen LogP contribution in [0.15, 0.2) is 48.5 Å². The van der Waals surface area contributed by atoms with Gasteiger partial charge in [-0.2, -0.15) is 0 Å². The fraction of sp³-hybridized carbons (Fsp3) is 0.417. The van der Waals surface area contributed by atoms with E-state index in [4.69, 9.17) is 26.4 Å². The number of hydrogen-bond acceptors (Lipinski definition) is 5. The summed E-state index contributed by atoms with van der Waals surface area (Å²) in [7, 11) is 0. The first kappa shape index (κ1) is 20.9. The van der Waals surface area contributed by atoms with Gasteiger partial charge < -0.3 is 24.4 Å². The van der Waals surface area contributed by atoms with Crippen LogP contribution in [0.5, 0.6) is 11.5 Å². The van der Waals surface area contributed by atoms with E-state index in [9.17, 15) is 4.79 Å². The van der Waals surface area contributed by atoms with Crippen LogP contribution in [0, 0.1) is 0 Å². The first-order chi connectivity index (χ1) is 15.7. The Kier molecular flexibility index (Phi) is 6.03. The summed E-state index contributed by atoms with van der Waals surface area (Å²) in [6.45, 7) is 3.17. The summed E-state index contributed by atoms with van der Waals surface area (Å²) in [6, 6.07) is 16.3. The minimum absolute atomic E-state index is 0.0873. The molecule has 1 unspecified atom stereocenters. The van der Waals surface area contributed by atoms with E-state index >= 15 is 0 Å². The quantitative estimate of drug-likeness (QED) is 0.709. The molecule has 0 radical (unpaired) electrons. The molecule has 168 valence electrons. The Morgan fingerprint density at radius 1 is 1.00 bits per heavy atom. The minimum Gasteiger partial charge on any atom is -0.486 e. The van der Waals surface area contributed by atoms with Crippen molar-refractivity contribution in [3.8, 4) is 11.5 Å². The van der Waals surface area contributed by atoms with Crippen molar-refractivity contribution in [3.05, 3.63) is 54.1 Å². The fourth-order valence-corrected chi connectivity index (χ4v) is 4.93. The third-order valence-electron chi connectivity index (χ3n) is 6.26. The lowest BCUT2D eigenvalue weighted by molar-refractivity contribution is 0.123. The second kappa shape index (κ2) is 9.24. The Morgan fingerprint density at radius 2 is 1.75 bits per heavy atom. The average Bonchev–Trinajstić information content (AvgIpc) is 3.19. The molecule has 0 spiro atoms. The molecular weight excluding hydrogens is 426 g/mol. The van der Waals surface area contributed by atoms with Gasteiger partial charge in [0.2, 0.25) is 0 Å². The molecule has 7 nitrogen and oxygen atoms in total. The van der Waals surface area contributed by atoms with Crippen molar-refractivity contribution >= 4 is 29.1 Å². The number of likely N-dealkylation sites (tertiary alicyclic amines) is 1. The Hall–Kier alpha value is -3.00. The van der Waals surface area contributed by atoms with Crippen LogP contribution >= 0.6 is 12.2 Å². The highest BCUT2D eigenvalue weighted by Gasteiger charge is 2.39. The molecule has 2 aromatic carbocycles. The summed E-state index contributed by atoms with van der Waals surface area (Å²) in [5, 5.41) is 4.00. The number of amides is 1. The standard InChI is InChI=1S/C24H27N3O4S/c28-24-27(20(16-31-24)14-17-4-2-1-3-5-17)19-8-10-26(11-9-19)23(32)25-18-6-7-21-22(15-18)30-13-12-29-21/h1-7,15,19-20H,8-14,16H2,(H,25,32). The van der Waals surface area contributed by atoms with Gasteiger partial charge in [-0.1, -0.05) is 30.3 Å². The third-order valence-corrected chi connectivity index (χ3v) is 6.62. The number of anilines is 1. The molecule has 2 aromatic rings. The van der Waals surface area contributed by atoms with Crippen molar-refractivity contribution in [2.45, 2.75) is 31.3 Å². The number of nitrogens with zero attached hydrogens (tertiary/aromatic N) is 2. The van der Waals surface area contributed by atoms with Gasteiger partial charge in [0.15, 0.2) is 16.6 Å². The molecule has 8 heteroatoms. The van der Waals surface area contributed by atoms with Crippen LogP contribution in [0.25, 0.3) is 0 Å². The van der Waals surface area contributed by atoms with Crippen molar-refractivity contribution in [2.24, 2.45) is 0 Å². The zero-order valence-electron chi connectivity index (χ0n) is 17.9. The van der Waals surface area contributed by atoms with Crippen LogP contribution in [-0.4, -0.2) is 66.0 Å². The normalized spacial score (nSPS) is 20.8. The molecule has 32 heavy (non-hydrogen) atoms. The van der Waals surface area contributed by atoms with E-state index in [0.29, 0.717) is 24.9 Å². The van der Waals surface area contributed by atoms with Crippen molar-refractivity contribution < 1.29 is 19.0 Å². The fourth-order valence-electron chi connectivity index (χ4n) is 4.63. The molecule has 5 rings (SSSR count). The number of fused-ring (bicyclic) bond motifs is 1. The number of carbonyl (C=O) groups excluding carboxylic acids is 1. The maximum absolute atomic E-state index is 12.5. The van der Waals surface area contributed by atoms with Crippen molar-refractivity contribution in [2.75, 3.05) is 38.2 Å². The summed E-state index contributed by atoms with van der Waals surface area (Å²) in [4.78, 5) is 16.6. The van der Waals surface area contributed by atoms with Gasteiger partial charge in [0.1, 0.15) is 19.8 Å². The van der Waals surface area contributed by atoms with E-state index in [1.54, 1.807) is 0 Å². The van der Waals surface area contributed by atoms with Gasteiger partial charge >= 0.3 is 6.09 Å². The number of ether oxygens (including phenoxy) is 3. The summed E-state index contributed by atoms with van der Waals surface area (Å²) < 4.78 is 16.6. The SMILES string of the molecule is O=C1OCC(Cc2ccccc2)N1C1CCN(C(=S)Nc2ccc3c(c2)OCCO3)CC1. The van der Waals surface area contributed by atoms with Crippen molar-refractivity contribution in [1.82, 2.24) is 9.80 Å². The molecular formula is C24H27N3O4S. The summed E-state index contributed by atoms with van der Waals surface area (Å²) >= 11 is 5.65. The molecule has 1 atom stereocenters. The largest absolute Gasteiger partial charge is 0.486 e. The van der Waals surface area contributed by atoms with Crippen LogP contribution in [0.3, 0.4) is 0 Å². The van der Waals surface area contributed by atoms with Crippen LogP contribution in [-0.2, 0) is 11.2 Å². The predicted molar refractivity (Wildman–Crippen MR) is 125 cm³/mol. The average molecular weight is 454 g/mol. The topological polar surface area (TPSA) is 63.3 Å². The van der Waals surface area contributed by atoms with E-state index in [-0.39, 0.29) is 18.2 Å². The first-order valence-electron chi connectivity index (χ1n) is 11.1. The van der Waals surface area contributed by atoms with Gasteiger partial charge in [0.25, 0.3) is 0 Å². The number of carbonyl (C=O) groups is 1. The number of benzene rings is 2. The Labute approximate surface area is 193 Å². The van der Waals surface area contributed by atoms with Gasteiger partial charge in [-0.25, -0.2) is 4.79 Å². The Morgan fingerprint density at radius 3 is 2.53 bits per heavy atom. The smallest absolute Gasteiger partial charge is 0.410 e. The Bertz CT molecular complexity index is 978. The highest BCUT2D eigenvalue weighted by Crippen LogP contribution is 2.33. The number of thiocarbonyl (C=S) groups is 1. The zero-order chi connectivity index (χ0) is 21.9. The highest BCUT2D eigenvalue weighted by atomic mass is 32.1. The number of piperidine rings is 1. The number of rotatable bonds is 4. The third kappa shape index (κ3) is 4.46. The monoisotopic (exact) mass is 453 g/mol. The van der Waals surface area contributed by atoms with Crippen molar-refractivity contribution in [1.29, 1.82) is 0 Å². The van der Waals surface area contributed by atoms with Gasteiger partial charge in [-0.3, -0.25) is 4.90 Å². The van der Waals surface area contributed by atoms with Crippen molar-refractivity contribution in [3.63, 3.8) is 0 Å². The molecule has 3 heterocycles. The number of cyclic esters (lactones) is 1. The molecule has 0 aliphatic carbocycles. The van der Waals surface area contributed by atoms with Crippen LogP contribution in [0.2, 0.25) is 0 Å². The molecule has 3 aliphatic rings. The van der Waals surface area contributed by atoms with Crippen LogP contribution < -0.4 is 14.8 Å². The maximum atomic E-state index is 12.5. The number of nitrogens with one attached hydrogen (secondary N) is 1. The molecule has 0 saturated carbocycles. The molecule has 1 N–H and O–H groups in total. The minimum atomic E-state index is -0.193. The lowest BCUT2D eigenvalue weighted by Crippen LogP contribution is -2.50. The predicted octanol–water partition coefficient (Wildman–Crippen LogP) is 3.68. The molecule has 3 aliphatic heterocycles. The molecule has 2 saturated heterocycles. The van der Waals surface area contributed by atoms with Gasteiger partial charge in [-0.15, -0.1) is 0 Å². The summed E-state index contributed by atoms with van der Waals surface area (Å²) in [5.74, 6) is 1.50. The highest BCUT2D eigenvalue weighted by molar-refractivity contribution is 7.80. The molecule has 1 amide bonds. The summed E-state index contributed by atoms with van der Waals surface area (Å²) in [5.41, 5.74) is 2.11. The van der Waals surface area contributed by atoms with E-state index in [1.807, 2.05) is 41.3 Å². The van der Waals surface area contributed by atoms with E-state index in [2.05, 4.69) is 22.3 Å². The van der Waals surface area contributed by atoms with Crippen LogP contribution in [0.4, 0.5) is 10.5 Å². The van der Waals surface area contributed by atoms with Gasteiger partial charge in [-0.05, 0) is 49.2 Å². The molecule has 0 aromatic heterocycles. The second-order valence-corrected chi connectivity index (χ2v) is 8.72. The second-order valence-electron chi connectivity index (χ2n) is 8.33. The lowest BCUT2D eigenvalue weighted by Gasteiger charge is -2.39. The van der Waals surface area contributed by atoms with E-state index in [0.717, 1.165) is 49.5 Å². The van der Waals surface area contributed by atoms with Gasteiger partial charge in [0.05, 0.1) is 6.04 Å². The Balaban J connectivity index is 1.17. The van der Waals surface area contributed by atoms with E-state index in [1.165, 1.54) is 5.56 Å². The zero-order valence-corrected chi connectivity index (χ0v) is 18.7.